The fourth-order valence-corrected chi connectivity index (χ4v) is 2.86. The number of halogens is 1. The molecule has 3 nitrogen and oxygen atoms in total. The van der Waals surface area contributed by atoms with E-state index in [1.54, 1.807) is 24.3 Å². The molecule has 0 aliphatic carbocycles. The van der Waals surface area contributed by atoms with Crippen LogP contribution in [0, 0.1) is 12.7 Å². The van der Waals surface area contributed by atoms with Gasteiger partial charge in [0, 0.05) is 10.9 Å². The van der Waals surface area contributed by atoms with Crippen molar-refractivity contribution in [3.8, 4) is 16.3 Å². The molecule has 116 valence electrons. The van der Waals surface area contributed by atoms with Crippen LogP contribution in [0.25, 0.3) is 10.6 Å². The number of aromatic nitrogens is 1. The second-order valence-electron chi connectivity index (χ2n) is 5.11. The van der Waals surface area contributed by atoms with Crippen LogP contribution in [0.3, 0.4) is 0 Å². The first-order chi connectivity index (χ1) is 11.1. The largest absolute Gasteiger partial charge is 0.426 e. The van der Waals surface area contributed by atoms with Gasteiger partial charge in [0.1, 0.15) is 16.6 Å². The topological polar surface area (TPSA) is 39.2 Å². The first-order valence-electron chi connectivity index (χ1n) is 7.08. The number of aryl methyl sites for hydroxylation is 1. The molecule has 0 N–H and O–H groups in total. The summed E-state index contributed by atoms with van der Waals surface area (Å²) in [6.07, 6.45) is 0.103. The van der Waals surface area contributed by atoms with Crippen molar-refractivity contribution in [1.29, 1.82) is 0 Å². The molecule has 0 atom stereocenters. The number of ether oxygens (including phenoxy) is 1. The molecule has 2 aromatic carbocycles. The summed E-state index contributed by atoms with van der Waals surface area (Å²) in [5.74, 6) is -0.119. The highest BCUT2D eigenvalue weighted by atomic mass is 32.1. The van der Waals surface area contributed by atoms with E-state index in [0.717, 1.165) is 16.1 Å². The van der Waals surface area contributed by atoms with E-state index in [-0.39, 0.29) is 18.2 Å². The number of carbonyl (C=O) groups is 1. The van der Waals surface area contributed by atoms with Gasteiger partial charge in [0.25, 0.3) is 0 Å². The predicted octanol–water partition coefficient (Wildman–Crippen LogP) is 4.41. The number of esters is 1. The molecule has 5 heteroatoms. The van der Waals surface area contributed by atoms with E-state index in [4.69, 9.17) is 4.74 Å². The SMILES string of the molecule is Cc1ccc(OC(=O)Cc2csc(-c3ccc(F)cc3)n2)cc1. The number of nitrogens with zero attached hydrogens (tertiary/aromatic N) is 1. The summed E-state index contributed by atoms with van der Waals surface area (Å²) in [6, 6.07) is 13.4. The van der Waals surface area contributed by atoms with Crippen LogP contribution in [0.5, 0.6) is 5.75 Å². The van der Waals surface area contributed by atoms with E-state index in [2.05, 4.69) is 4.98 Å². The standard InChI is InChI=1S/C18H14FNO2S/c1-12-2-8-16(9-3-12)22-17(21)10-15-11-23-18(20-15)13-4-6-14(19)7-5-13/h2-9,11H,10H2,1H3. The lowest BCUT2D eigenvalue weighted by molar-refractivity contribution is -0.133. The third kappa shape index (κ3) is 4.02. The molecular weight excluding hydrogens is 313 g/mol. The molecule has 0 unspecified atom stereocenters. The molecule has 0 bridgehead atoms. The van der Waals surface area contributed by atoms with E-state index in [1.165, 1.54) is 23.5 Å². The van der Waals surface area contributed by atoms with Crippen LogP contribution < -0.4 is 4.74 Å². The van der Waals surface area contributed by atoms with Gasteiger partial charge in [0.15, 0.2) is 0 Å². The molecule has 0 aliphatic rings. The average molecular weight is 327 g/mol. The fraction of sp³-hybridized carbons (Fsp3) is 0.111. The fourth-order valence-electron chi connectivity index (χ4n) is 2.03. The third-order valence-electron chi connectivity index (χ3n) is 3.22. The number of hydrogen-bond donors (Lipinski definition) is 0. The van der Waals surface area contributed by atoms with Crippen LogP contribution >= 0.6 is 11.3 Å². The summed E-state index contributed by atoms with van der Waals surface area (Å²) in [6.45, 7) is 1.97. The summed E-state index contributed by atoms with van der Waals surface area (Å²) >= 11 is 1.42. The molecule has 0 aliphatic heterocycles. The normalized spacial score (nSPS) is 10.5. The second kappa shape index (κ2) is 6.71. The Balaban J connectivity index is 1.65. The van der Waals surface area contributed by atoms with Gasteiger partial charge in [-0.05, 0) is 43.3 Å². The third-order valence-corrected chi connectivity index (χ3v) is 4.16. The maximum atomic E-state index is 12.9. The van der Waals surface area contributed by atoms with E-state index in [1.807, 2.05) is 24.4 Å². The van der Waals surface area contributed by atoms with Crippen LogP contribution in [-0.2, 0) is 11.2 Å². The summed E-state index contributed by atoms with van der Waals surface area (Å²) in [5, 5.41) is 2.57. The second-order valence-corrected chi connectivity index (χ2v) is 5.97. The Morgan fingerprint density at radius 3 is 2.52 bits per heavy atom. The van der Waals surface area contributed by atoms with Gasteiger partial charge in [0.05, 0.1) is 12.1 Å². The molecule has 3 rings (SSSR count). The molecule has 0 radical (unpaired) electrons. The van der Waals surface area contributed by atoms with Gasteiger partial charge >= 0.3 is 5.97 Å². The molecule has 0 saturated carbocycles. The zero-order valence-corrected chi connectivity index (χ0v) is 13.3. The Labute approximate surface area is 137 Å². The minimum Gasteiger partial charge on any atom is -0.426 e. The van der Waals surface area contributed by atoms with E-state index in [9.17, 15) is 9.18 Å². The highest BCUT2D eigenvalue weighted by Crippen LogP contribution is 2.24. The Morgan fingerprint density at radius 2 is 1.83 bits per heavy atom. The number of thiazole rings is 1. The Kier molecular flexibility index (Phi) is 4.48. The molecule has 3 aromatic rings. The molecule has 0 amide bonds. The van der Waals surface area contributed by atoms with Crippen molar-refractivity contribution < 1.29 is 13.9 Å². The van der Waals surface area contributed by atoms with Gasteiger partial charge in [-0.25, -0.2) is 9.37 Å². The van der Waals surface area contributed by atoms with Crippen LogP contribution in [0.2, 0.25) is 0 Å². The zero-order chi connectivity index (χ0) is 16.2. The van der Waals surface area contributed by atoms with E-state index < -0.39 is 0 Å². The predicted molar refractivity (Wildman–Crippen MR) is 88.0 cm³/mol. The highest BCUT2D eigenvalue weighted by Gasteiger charge is 2.11. The van der Waals surface area contributed by atoms with Crippen molar-refractivity contribution >= 4 is 17.3 Å². The summed E-state index contributed by atoms with van der Waals surface area (Å²) in [5.41, 5.74) is 2.58. The Hall–Kier alpha value is -2.53. The molecule has 0 saturated heterocycles. The van der Waals surface area contributed by atoms with E-state index in [0.29, 0.717) is 11.4 Å². The Morgan fingerprint density at radius 1 is 1.13 bits per heavy atom. The van der Waals surface area contributed by atoms with Gasteiger partial charge in [-0.2, -0.15) is 0 Å². The van der Waals surface area contributed by atoms with Gasteiger partial charge in [0.2, 0.25) is 0 Å². The van der Waals surface area contributed by atoms with Crippen molar-refractivity contribution in [2.75, 3.05) is 0 Å². The lowest BCUT2D eigenvalue weighted by Crippen LogP contribution is -2.11. The smallest absolute Gasteiger partial charge is 0.317 e. The zero-order valence-electron chi connectivity index (χ0n) is 12.5. The number of rotatable bonds is 4. The van der Waals surface area contributed by atoms with Crippen LogP contribution in [0.4, 0.5) is 4.39 Å². The maximum Gasteiger partial charge on any atom is 0.317 e. The summed E-state index contributed by atoms with van der Waals surface area (Å²) in [7, 11) is 0. The quantitative estimate of drug-likeness (QED) is 0.526. The number of benzene rings is 2. The minimum atomic E-state index is -0.357. The molecular formula is C18H14FNO2S. The number of hydrogen-bond acceptors (Lipinski definition) is 4. The molecule has 0 fully saturated rings. The van der Waals surface area contributed by atoms with Crippen LogP contribution in [-0.4, -0.2) is 11.0 Å². The van der Waals surface area contributed by atoms with Crippen LogP contribution in [0.1, 0.15) is 11.3 Å². The maximum absolute atomic E-state index is 12.9. The van der Waals surface area contributed by atoms with Crippen molar-refractivity contribution in [3.63, 3.8) is 0 Å². The molecule has 0 spiro atoms. The average Bonchev–Trinajstić information content (AvgIpc) is 2.98. The summed E-state index contributed by atoms with van der Waals surface area (Å²) < 4.78 is 18.2. The highest BCUT2D eigenvalue weighted by molar-refractivity contribution is 7.13. The first-order valence-corrected chi connectivity index (χ1v) is 7.96. The van der Waals surface area contributed by atoms with Gasteiger partial charge in [-0.1, -0.05) is 17.7 Å². The van der Waals surface area contributed by atoms with Crippen molar-refractivity contribution in [2.24, 2.45) is 0 Å². The van der Waals surface area contributed by atoms with Gasteiger partial charge in [-0.3, -0.25) is 4.79 Å². The summed E-state index contributed by atoms with van der Waals surface area (Å²) in [4.78, 5) is 16.4. The van der Waals surface area contributed by atoms with Crippen molar-refractivity contribution in [2.45, 2.75) is 13.3 Å². The molecule has 1 aromatic heterocycles. The molecule has 23 heavy (non-hydrogen) atoms. The monoisotopic (exact) mass is 327 g/mol. The van der Waals surface area contributed by atoms with Crippen LogP contribution in [0.15, 0.2) is 53.9 Å². The Bertz CT molecular complexity index is 810. The lowest BCUT2D eigenvalue weighted by atomic mass is 10.2. The number of carbonyl (C=O) groups excluding carboxylic acids is 1. The van der Waals surface area contributed by atoms with E-state index >= 15 is 0 Å². The van der Waals surface area contributed by atoms with Crippen molar-refractivity contribution in [3.05, 3.63) is 71.0 Å². The minimum absolute atomic E-state index is 0.103. The van der Waals surface area contributed by atoms with Gasteiger partial charge < -0.3 is 4.74 Å². The molecule has 1 heterocycles. The first kappa shape index (κ1) is 15.4. The van der Waals surface area contributed by atoms with Gasteiger partial charge in [-0.15, -0.1) is 11.3 Å². The lowest BCUT2D eigenvalue weighted by Gasteiger charge is -2.03. The van der Waals surface area contributed by atoms with Crippen molar-refractivity contribution in [1.82, 2.24) is 4.98 Å².